The highest BCUT2D eigenvalue weighted by atomic mass is 32.2. The average molecular weight is 355 g/mol. The quantitative estimate of drug-likeness (QED) is 0.715. The van der Waals surface area contributed by atoms with E-state index in [-0.39, 0.29) is 11.2 Å². The van der Waals surface area contributed by atoms with E-state index in [4.69, 9.17) is 8.94 Å². The maximum absolute atomic E-state index is 12.2. The Bertz CT molecular complexity index is 741. The Balaban J connectivity index is 1.49. The number of sulfonamides is 1. The summed E-state index contributed by atoms with van der Waals surface area (Å²) in [5.74, 6) is 0.690. The van der Waals surface area contributed by atoms with Crippen LogP contribution in [0.2, 0.25) is 0 Å². The van der Waals surface area contributed by atoms with Gasteiger partial charge in [-0.25, -0.2) is 13.1 Å². The average Bonchev–Trinajstić information content (AvgIpc) is 3.22. The third-order valence-corrected chi connectivity index (χ3v) is 5.28. The molecule has 0 aliphatic carbocycles. The molecule has 0 amide bonds. The number of aliphatic hydroxyl groups excluding tert-OH is 1. The number of furan rings is 1. The van der Waals surface area contributed by atoms with Crippen LogP contribution in [0.5, 0.6) is 0 Å². The molecule has 3 rings (SSSR count). The van der Waals surface area contributed by atoms with Gasteiger partial charge in [0, 0.05) is 19.2 Å². The third-order valence-electron chi connectivity index (χ3n) is 3.95. The highest BCUT2D eigenvalue weighted by Crippen LogP contribution is 2.23. The van der Waals surface area contributed by atoms with Crippen LogP contribution in [0, 0.1) is 0 Å². The molecular formula is C15H21N3O5S. The first kappa shape index (κ1) is 17.2. The molecule has 8 nitrogen and oxygen atoms in total. The molecule has 1 aliphatic rings. The molecule has 0 saturated carbocycles. The number of nitrogens with one attached hydrogen (secondary N) is 1. The first-order valence-electron chi connectivity index (χ1n) is 7.95. The number of hydrogen-bond acceptors (Lipinski definition) is 7. The van der Waals surface area contributed by atoms with Crippen molar-refractivity contribution < 1.29 is 22.5 Å². The monoisotopic (exact) mass is 355 g/mol. The van der Waals surface area contributed by atoms with E-state index >= 15 is 0 Å². The minimum Gasteiger partial charge on any atom is -0.440 e. The Morgan fingerprint density at radius 1 is 1.33 bits per heavy atom. The van der Waals surface area contributed by atoms with Crippen molar-refractivity contribution in [3.63, 3.8) is 0 Å². The fourth-order valence-electron chi connectivity index (χ4n) is 2.75. The van der Waals surface area contributed by atoms with E-state index in [0.717, 1.165) is 25.9 Å². The zero-order chi connectivity index (χ0) is 17.0. The number of aliphatic hydroxyl groups is 1. The molecule has 2 aromatic rings. The molecule has 1 unspecified atom stereocenters. The number of nitrogens with zero attached hydrogens (tertiary/aromatic N) is 2. The second kappa shape index (κ2) is 7.47. The summed E-state index contributed by atoms with van der Waals surface area (Å²) >= 11 is 0. The maximum Gasteiger partial charge on any atom is 0.273 e. The van der Waals surface area contributed by atoms with Crippen molar-refractivity contribution in [2.45, 2.75) is 30.5 Å². The van der Waals surface area contributed by atoms with Crippen LogP contribution in [-0.4, -0.2) is 55.9 Å². The molecular weight excluding hydrogens is 334 g/mol. The topological polar surface area (TPSA) is 109 Å². The van der Waals surface area contributed by atoms with E-state index in [2.05, 4.69) is 14.8 Å². The molecule has 1 atom stereocenters. The summed E-state index contributed by atoms with van der Waals surface area (Å²) in [6.07, 6.45) is 3.68. The molecule has 24 heavy (non-hydrogen) atoms. The van der Waals surface area contributed by atoms with E-state index in [1.807, 2.05) is 0 Å². The fourth-order valence-corrected chi connectivity index (χ4v) is 3.76. The predicted octanol–water partition coefficient (Wildman–Crippen LogP) is 1.06. The lowest BCUT2D eigenvalue weighted by Gasteiger charge is -2.29. The van der Waals surface area contributed by atoms with Crippen LogP contribution in [0.1, 0.15) is 19.3 Å². The first-order valence-corrected chi connectivity index (χ1v) is 9.44. The van der Waals surface area contributed by atoms with Gasteiger partial charge in [0.15, 0.2) is 5.76 Å². The second-order valence-corrected chi connectivity index (χ2v) is 7.54. The summed E-state index contributed by atoms with van der Waals surface area (Å²) in [5, 5.41) is 13.0. The lowest BCUT2D eigenvalue weighted by atomic mass is 10.1. The van der Waals surface area contributed by atoms with Gasteiger partial charge in [-0.1, -0.05) is 5.16 Å². The Hall–Kier alpha value is -1.68. The highest BCUT2D eigenvalue weighted by molar-refractivity contribution is 7.89. The molecule has 3 heterocycles. The molecule has 0 bridgehead atoms. The second-order valence-electron chi connectivity index (χ2n) is 5.84. The predicted molar refractivity (Wildman–Crippen MR) is 85.7 cm³/mol. The summed E-state index contributed by atoms with van der Waals surface area (Å²) < 4.78 is 37.2. The first-order chi connectivity index (χ1) is 11.5. The Morgan fingerprint density at radius 3 is 2.96 bits per heavy atom. The normalized spacial score (nSPS) is 19.6. The highest BCUT2D eigenvalue weighted by Gasteiger charge is 2.21. The minimum absolute atomic E-state index is 0.151. The van der Waals surface area contributed by atoms with E-state index in [1.165, 1.54) is 18.3 Å². The molecule has 2 N–H and O–H groups in total. The van der Waals surface area contributed by atoms with Crippen LogP contribution < -0.4 is 4.72 Å². The molecule has 9 heteroatoms. The molecule has 0 spiro atoms. The number of likely N-dealkylation sites (tertiary alicyclic amines) is 1. The van der Waals surface area contributed by atoms with Crippen molar-refractivity contribution in [1.29, 1.82) is 0 Å². The standard InChI is InChI=1S/C15H21N3O5S/c19-12-3-1-9-18(11-12)10-2-7-17-24(20,21)15-5-4-13(22-15)14-6-8-16-23-14/h4-6,8,12,17,19H,1-3,7,9-11H2. The summed E-state index contributed by atoms with van der Waals surface area (Å²) in [5.41, 5.74) is 0. The van der Waals surface area contributed by atoms with Gasteiger partial charge in [0.05, 0.1) is 12.3 Å². The van der Waals surface area contributed by atoms with E-state index < -0.39 is 10.0 Å². The largest absolute Gasteiger partial charge is 0.440 e. The van der Waals surface area contributed by atoms with Gasteiger partial charge < -0.3 is 18.9 Å². The van der Waals surface area contributed by atoms with Gasteiger partial charge in [-0.3, -0.25) is 0 Å². The summed E-state index contributed by atoms with van der Waals surface area (Å²) in [7, 11) is -3.69. The summed E-state index contributed by atoms with van der Waals surface area (Å²) in [6, 6.07) is 4.51. The number of aromatic nitrogens is 1. The van der Waals surface area contributed by atoms with Gasteiger partial charge in [0.1, 0.15) is 0 Å². The van der Waals surface area contributed by atoms with Crippen molar-refractivity contribution >= 4 is 10.0 Å². The van der Waals surface area contributed by atoms with Gasteiger partial charge >= 0.3 is 0 Å². The van der Waals surface area contributed by atoms with Crippen molar-refractivity contribution in [3.05, 3.63) is 24.4 Å². The van der Waals surface area contributed by atoms with Gasteiger partial charge in [-0.05, 0) is 44.5 Å². The Kier molecular flexibility index (Phi) is 5.34. The number of hydrogen-bond donors (Lipinski definition) is 2. The van der Waals surface area contributed by atoms with Crippen LogP contribution in [-0.2, 0) is 10.0 Å². The van der Waals surface area contributed by atoms with E-state index in [0.29, 0.717) is 31.0 Å². The zero-order valence-corrected chi connectivity index (χ0v) is 14.0. The van der Waals surface area contributed by atoms with Gasteiger partial charge in [-0.2, -0.15) is 0 Å². The van der Waals surface area contributed by atoms with Crippen LogP contribution in [0.3, 0.4) is 0 Å². The molecule has 132 valence electrons. The smallest absolute Gasteiger partial charge is 0.273 e. The van der Waals surface area contributed by atoms with Gasteiger partial charge in [0.25, 0.3) is 10.0 Å². The van der Waals surface area contributed by atoms with Gasteiger partial charge in [0.2, 0.25) is 10.9 Å². The lowest BCUT2D eigenvalue weighted by molar-refractivity contribution is 0.0704. The van der Waals surface area contributed by atoms with Crippen LogP contribution >= 0.6 is 0 Å². The van der Waals surface area contributed by atoms with Crippen molar-refractivity contribution in [1.82, 2.24) is 14.8 Å². The fraction of sp³-hybridized carbons (Fsp3) is 0.533. The van der Waals surface area contributed by atoms with Crippen molar-refractivity contribution in [2.24, 2.45) is 0 Å². The van der Waals surface area contributed by atoms with Gasteiger partial charge in [-0.15, -0.1) is 0 Å². The Morgan fingerprint density at radius 2 is 2.21 bits per heavy atom. The zero-order valence-electron chi connectivity index (χ0n) is 13.2. The number of rotatable bonds is 7. The van der Waals surface area contributed by atoms with Crippen LogP contribution in [0.25, 0.3) is 11.5 Å². The molecule has 1 saturated heterocycles. The Labute approximate surface area is 140 Å². The molecule has 1 aliphatic heterocycles. The molecule has 2 aromatic heterocycles. The van der Waals surface area contributed by atoms with Crippen LogP contribution in [0.4, 0.5) is 0 Å². The number of β-amino-alcohol motifs (C(OH)–C–C–N with tert-alkyl or cyclic N) is 1. The van der Waals surface area contributed by atoms with Crippen molar-refractivity contribution in [3.8, 4) is 11.5 Å². The summed E-state index contributed by atoms with van der Waals surface area (Å²) in [4.78, 5) is 2.15. The third kappa shape index (κ3) is 4.23. The molecule has 0 aromatic carbocycles. The lowest BCUT2D eigenvalue weighted by Crippen LogP contribution is -2.39. The molecule has 0 radical (unpaired) electrons. The van der Waals surface area contributed by atoms with Crippen molar-refractivity contribution in [2.75, 3.05) is 26.2 Å². The maximum atomic E-state index is 12.2. The van der Waals surface area contributed by atoms with Crippen LogP contribution in [0.15, 0.2) is 38.4 Å². The minimum atomic E-state index is -3.69. The summed E-state index contributed by atoms with van der Waals surface area (Å²) in [6.45, 7) is 2.67. The van der Waals surface area contributed by atoms with E-state index in [1.54, 1.807) is 6.07 Å². The van der Waals surface area contributed by atoms with E-state index in [9.17, 15) is 13.5 Å². The molecule has 1 fully saturated rings. The SMILES string of the molecule is O=S(=O)(NCCCN1CCCC(O)C1)c1ccc(-c2ccno2)o1. The number of piperidine rings is 1.